The van der Waals surface area contributed by atoms with Gasteiger partial charge >= 0.3 is 0 Å². The molecule has 2 aromatic rings. The highest BCUT2D eigenvalue weighted by Gasteiger charge is 2.12. The molecule has 6 heteroatoms. The zero-order valence-corrected chi connectivity index (χ0v) is 11.8. The predicted molar refractivity (Wildman–Crippen MR) is 74.7 cm³/mol. The van der Waals surface area contributed by atoms with Crippen molar-refractivity contribution in [3.8, 4) is 5.88 Å². The minimum atomic E-state index is 0.0374. The summed E-state index contributed by atoms with van der Waals surface area (Å²) in [5.74, 6) is 0.0374. The maximum atomic E-state index is 9.93. The fraction of sp³-hybridized carbons (Fsp3) is 0.308. The van der Waals surface area contributed by atoms with Gasteiger partial charge in [0.15, 0.2) is 5.69 Å². The SMILES string of the molecule is CCn1nc(C)c(/N=N/c2ccc(Cl)cc2C)c1O. The summed E-state index contributed by atoms with van der Waals surface area (Å²) in [6.45, 7) is 6.18. The number of nitrogens with zero attached hydrogens (tertiary/aromatic N) is 4. The third-order valence-corrected chi connectivity index (χ3v) is 3.02. The Kier molecular flexibility index (Phi) is 3.85. The number of aryl methyl sites for hydroxylation is 3. The van der Waals surface area contributed by atoms with Crippen LogP contribution in [0, 0.1) is 13.8 Å². The number of rotatable bonds is 3. The van der Waals surface area contributed by atoms with Crippen LogP contribution in [0.2, 0.25) is 5.02 Å². The molecule has 0 bridgehead atoms. The van der Waals surface area contributed by atoms with Gasteiger partial charge in [-0.3, -0.25) is 0 Å². The molecule has 0 radical (unpaired) electrons. The second-order valence-corrected chi connectivity index (χ2v) is 4.64. The smallest absolute Gasteiger partial charge is 0.238 e. The van der Waals surface area contributed by atoms with Gasteiger partial charge in [-0.1, -0.05) is 11.6 Å². The molecule has 0 fully saturated rings. The lowest BCUT2D eigenvalue weighted by Gasteiger charge is -1.99. The first kappa shape index (κ1) is 13.5. The predicted octanol–water partition coefficient (Wildman–Crippen LogP) is 4.29. The van der Waals surface area contributed by atoms with Crippen molar-refractivity contribution in [3.63, 3.8) is 0 Å². The van der Waals surface area contributed by atoms with E-state index in [0.29, 0.717) is 28.6 Å². The molecule has 0 aliphatic carbocycles. The third kappa shape index (κ3) is 2.76. The zero-order chi connectivity index (χ0) is 14.0. The molecule has 1 aromatic heterocycles. The average Bonchev–Trinajstić information content (AvgIpc) is 2.64. The van der Waals surface area contributed by atoms with Gasteiger partial charge in [-0.25, -0.2) is 4.68 Å². The molecule has 0 saturated carbocycles. The lowest BCUT2D eigenvalue weighted by molar-refractivity contribution is 0.406. The Morgan fingerprint density at radius 1 is 1.32 bits per heavy atom. The second kappa shape index (κ2) is 5.40. The van der Waals surface area contributed by atoms with Crippen molar-refractivity contribution in [1.29, 1.82) is 0 Å². The molecule has 0 unspecified atom stereocenters. The summed E-state index contributed by atoms with van der Waals surface area (Å²) >= 11 is 5.88. The maximum absolute atomic E-state index is 9.93. The Bertz CT molecular complexity index is 634. The van der Waals surface area contributed by atoms with Gasteiger partial charge in [-0.15, -0.1) is 5.11 Å². The van der Waals surface area contributed by atoms with Crippen molar-refractivity contribution in [2.75, 3.05) is 0 Å². The molecule has 1 aromatic carbocycles. The number of hydrogen-bond donors (Lipinski definition) is 1. The minimum Gasteiger partial charge on any atom is -0.492 e. The van der Waals surface area contributed by atoms with Gasteiger partial charge in [0, 0.05) is 11.6 Å². The van der Waals surface area contributed by atoms with E-state index in [-0.39, 0.29) is 5.88 Å². The van der Waals surface area contributed by atoms with Gasteiger partial charge in [0.2, 0.25) is 5.88 Å². The van der Waals surface area contributed by atoms with Crippen LogP contribution in [0.15, 0.2) is 28.4 Å². The van der Waals surface area contributed by atoms with Crippen molar-refractivity contribution in [1.82, 2.24) is 9.78 Å². The van der Waals surface area contributed by atoms with E-state index < -0.39 is 0 Å². The highest BCUT2D eigenvalue weighted by molar-refractivity contribution is 6.30. The Morgan fingerprint density at radius 2 is 2.05 bits per heavy atom. The largest absolute Gasteiger partial charge is 0.492 e. The second-order valence-electron chi connectivity index (χ2n) is 4.20. The van der Waals surface area contributed by atoms with E-state index in [0.717, 1.165) is 5.56 Å². The first-order valence-electron chi connectivity index (χ1n) is 5.97. The zero-order valence-electron chi connectivity index (χ0n) is 11.1. The molecular formula is C13H15ClN4O. The molecule has 5 nitrogen and oxygen atoms in total. The number of aromatic nitrogens is 2. The number of halogens is 1. The van der Waals surface area contributed by atoms with E-state index in [4.69, 9.17) is 11.6 Å². The first-order chi connectivity index (χ1) is 9.02. The normalized spacial score (nSPS) is 11.4. The lowest BCUT2D eigenvalue weighted by Crippen LogP contribution is -1.94. The Labute approximate surface area is 116 Å². The van der Waals surface area contributed by atoms with E-state index in [9.17, 15) is 5.11 Å². The van der Waals surface area contributed by atoms with Gasteiger partial charge in [-0.05, 0) is 44.5 Å². The monoisotopic (exact) mass is 278 g/mol. The summed E-state index contributed by atoms with van der Waals surface area (Å²) < 4.78 is 1.48. The van der Waals surface area contributed by atoms with Gasteiger partial charge in [-0.2, -0.15) is 10.2 Å². The highest BCUT2D eigenvalue weighted by atomic mass is 35.5. The number of aromatic hydroxyl groups is 1. The molecule has 0 amide bonds. The first-order valence-corrected chi connectivity index (χ1v) is 6.35. The minimum absolute atomic E-state index is 0.0374. The molecule has 100 valence electrons. The van der Waals surface area contributed by atoms with Gasteiger partial charge in [0.25, 0.3) is 0 Å². The van der Waals surface area contributed by atoms with Gasteiger partial charge < -0.3 is 5.11 Å². The summed E-state index contributed by atoms with van der Waals surface area (Å²) in [5.41, 5.74) is 2.69. The van der Waals surface area contributed by atoms with E-state index in [2.05, 4.69) is 15.3 Å². The molecule has 0 aliphatic rings. The van der Waals surface area contributed by atoms with Crippen molar-refractivity contribution >= 4 is 23.0 Å². The number of hydrogen-bond acceptors (Lipinski definition) is 4. The fourth-order valence-electron chi connectivity index (χ4n) is 1.73. The molecular weight excluding hydrogens is 264 g/mol. The maximum Gasteiger partial charge on any atom is 0.238 e. The molecule has 1 N–H and O–H groups in total. The van der Waals surface area contributed by atoms with Crippen LogP contribution >= 0.6 is 11.6 Å². The van der Waals surface area contributed by atoms with Crippen LogP contribution in [0.1, 0.15) is 18.2 Å². The Morgan fingerprint density at radius 3 is 2.63 bits per heavy atom. The van der Waals surface area contributed by atoms with Crippen molar-refractivity contribution in [3.05, 3.63) is 34.5 Å². The molecule has 19 heavy (non-hydrogen) atoms. The Balaban J connectivity index is 2.35. The molecule has 0 spiro atoms. The van der Waals surface area contributed by atoms with Gasteiger partial charge in [0.05, 0.1) is 11.4 Å². The van der Waals surface area contributed by atoms with Crippen molar-refractivity contribution < 1.29 is 5.11 Å². The number of azo groups is 1. The standard InChI is InChI=1S/C13H15ClN4O/c1-4-18-13(19)12(9(3)17-18)16-15-11-6-5-10(14)7-8(11)2/h5-7,19H,4H2,1-3H3/b16-15+. The quantitative estimate of drug-likeness (QED) is 0.851. The van der Waals surface area contributed by atoms with Crippen LogP contribution in [0.3, 0.4) is 0 Å². The molecule has 0 atom stereocenters. The van der Waals surface area contributed by atoms with E-state index >= 15 is 0 Å². The summed E-state index contributed by atoms with van der Waals surface area (Å²) in [6.07, 6.45) is 0. The third-order valence-electron chi connectivity index (χ3n) is 2.79. The highest BCUT2D eigenvalue weighted by Crippen LogP contribution is 2.32. The average molecular weight is 279 g/mol. The van der Waals surface area contributed by atoms with Crippen molar-refractivity contribution in [2.24, 2.45) is 10.2 Å². The van der Waals surface area contributed by atoms with E-state index in [1.54, 1.807) is 19.1 Å². The van der Waals surface area contributed by atoms with Crippen molar-refractivity contribution in [2.45, 2.75) is 27.3 Å². The molecule has 0 saturated heterocycles. The van der Waals surface area contributed by atoms with Gasteiger partial charge in [0.1, 0.15) is 0 Å². The molecule has 2 rings (SSSR count). The summed E-state index contributed by atoms with van der Waals surface area (Å²) in [4.78, 5) is 0. The van der Waals surface area contributed by atoms with E-state index in [1.165, 1.54) is 4.68 Å². The molecule has 1 heterocycles. The number of benzene rings is 1. The van der Waals surface area contributed by atoms with E-state index in [1.807, 2.05) is 19.9 Å². The Hall–Kier alpha value is -1.88. The van der Waals surface area contributed by atoms with Crippen LogP contribution in [0.25, 0.3) is 0 Å². The van der Waals surface area contributed by atoms with Crippen LogP contribution in [0.5, 0.6) is 5.88 Å². The van der Waals surface area contributed by atoms with Crippen LogP contribution < -0.4 is 0 Å². The van der Waals surface area contributed by atoms with Crippen LogP contribution in [0.4, 0.5) is 11.4 Å². The lowest BCUT2D eigenvalue weighted by atomic mass is 10.2. The summed E-state index contributed by atoms with van der Waals surface area (Å²) in [5, 5.41) is 23.0. The molecule has 0 aliphatic heterocycles. The summed E-state index contributed by atoms with van der Waals surface area (Å²) in [7, 11) is 0. The van der Waals surface area contributed by atoms with Crippen LogP contribution in [-0.2, 0) is 6.54 Å². The van der Waals surface area contributed by atoms with Crippen LogP contribution in [-0.4, -0.2) is 14.9 Å². The topological polar surface area (TPSA) is 62.8 Å². The summed E-state index contributed by atoms with van der Waals surface area (Å²) in [6, 6.07) is 5.36. The fourth-order valence-corrected chi connectivity index (χ4v) is 1.96.